The van der Waals surface area contributed by atoms with Gasteiger partial charge in [-0.1, -0.05) is 29.8 Å². The van der Waals surface area contributed by atoms with Crippen molar-refractivity contribution in [2.45, 2.75) is 44.8 Å². The first-order valence-electron chi connectivity index (χ1n) is 8.38. The van der Waals surface area contributed by atoms with Gasteiger partial charge in [0.1, 0.15) is 0 Å². The maximum absolute atomic E-state index is 12.5. The summed E-state index contributed by atoms with van der Waals surface area (Å²) < 4.78 is 0. The van der Waals surface area contributed by atoms with E-state index in [1.54, 1.807) is 0 Å². The molecule has 24 heavy (non-hydrogen) atoms. The lowest BCUT2D eigenvalue weighted by Gasteiger charge is -2.26. The highest BCUT2D eigenvalue weighted by atomic mass is 35.5. The van der Waals surface area contributed by atoms with Gasteiger partial charge in [-0.3, -0.25) is 4.79 Å². The molecule has 0 radical (unpaired) electrons. The summed E-state index contributed by atoms with van der Waals surface area (Å²) in [5.74, 6) is -0.0575. The molecule has 0 bridgehead atoms. The molecule has 1 saturated carbocycles. The minimum absolute atomic E-state index is 0.0575. The lowest BCUT2D eigenvalue weighted by atomic mass is 9.93. The number of carbonyl (C=O) groups excluding carboxylic acids is 1. The summed E-state index contributed by atoms with van der Waals surface area (Å²) in [6, 6.07) is 13.6. The van der Waals surface area contributed by atoms with Crippen LogP contribution in [0, 0.1) is 6.92 Å². The van der Waals surface area contributed by atoms with Crippen molar-refractivity contribution in [3.63, 3.8) is 0 Å². The van der Waals surface area contributed by atoms with Gasteiger partial charge in [0.25, 0.3) is 5.91 Å². The molecule has 126 valence electrons. The Hall–Kier alpha value is -1.84. The van der Waals surface area contributed by atoms with Gasteiger partial charge >= 0.3 is 0 Å². The van der Waals surface area contributed by atoms with Crippen molar-refractivity contribution in [2.75, 3.05) is 0 Å². The number of aliphatic hydroxyl groups excluding tert-OH is 1. The van der Waals surface area contributed by atoms with E-state index >= 15 is 0 Å². The number of aliphatic hydroxyl groups is 1. The van der Waals surface area contributed by atoms with Crippen LogP contribution in [0.15, 0.2) is 42.5 Å². The third-order valence-corrected chi connectivity index (χ3v) is 4.90. The van der Waals surface area contributed by atoms with Gasteiger partial charge in [-0.05, 0) is 73.6 Å². The number of halogens is 1. The molecule has 0 unspecified atom stereocenters. The molecule has 1 aliphatic carbocycles. The monoisotopic (exact) mass is 343 g/mol. The Labute approximate surface area is 147 Å². The fraction of sp³-hybridized carbons (Fsp3) is 0.350. The number of amides is 1. The lowest BCUT2D eigenvalue weighted by Crippen LogP contribution is -2.38. The number of nitrogens with one attached hydrogen (secondary N) is 1. The largest absolute Gasteiger partial charge is 0.393 e. The van der Waals surface area contributed by atoms with Crippen LogP contribution in [0.5, 0.6) is 0 Å². The number of rotatable bonds is 3. The van der Waals surface area contributed by atoms with Crippen molar-refractivity contribution >= 4 is 17.5 Å². The molecule has 0 heterocycles. The Morgan fingerprint density at radius 3 is 2.62 bits per heavy atom. The second-order valence-corrected chi connectivity index (χ2v) is 6.96. The van der Waals surface area contributed by atoms with E-state index in [2.05, 4.69) is 5.32 Å². The molecule has 2 aromatic carbocycles. The van der Waals surface area contributed by atoms with E-state index in [4.69, 9.17) is 11.6 Å². The van der Waals surface area contributed by atoms with Crippen LogP contribution in [0.2, 0.25) is 5.02 Å². The molecular weight excluding hydrogens is 322 g/mol. The Morgan fingerprint density at radius 1 is 1.12 bits per heavy atom. The van der Waals surface area contributed by atoms with Gasteiger partial charge in [-0.25, -0.2) is 0 Å². The fourth-order valence-corrected chi connectivity index (χ4v) is 3.39. The maximum Gasteiger partial charge on any atom is 0.251 e. The topological polar surface area (TPSA) is 49.3 Å². The zero-order valence-corrected chi connectivity index (χ0v) is 14.5. The first-order chi connectivity index (χ1) is 11.5. The average Bonchev–Trinajstić information content (AvgIpc) is 2.59. The van der Waals surface area contributed by atoms with E-state index < -0.39 is 0 Å². The highest BCUT2D eigenvalue weighted by molar-refractivity contribution is 6.30. The normalized spacial score (nSPS) is 20.6. The average molecular weight is 344 g/mol. The SMILES string of the molecule is Cc1ccc(Cl)cc1-c1cccc(C(=O)NC2CCC(O)CC2)c1. The highest BCUT2D eigenvalue weighted by Gasteiger charge is 2.21. The van der Waals surface area contributed by atoms with Crippen LogP contribution in [0.4, 0.5) is 0 Å². The van der Waals surface area contributed by atoms with Crippen LogP contribution in [0.3, 0.4) is 0 Å². The molecule has 2 aromatic rings. The van der Waals surface area contributed by atoms with Crippen LogP contribution in [-0.4, -0.2) is 23.2 Å². The van der Waals surface area contributed by atoms with Gasteiger partial charge < -0.3 is 10.4 Å². The van der Waals surface area contributed by atoms with Gasteiger partial charge in [0.15, 0.2) is 0 Å². The summed E-state index contributed by atoms with van der Waals surface area (Å²) in [5, 5.41) is 13.3. The van der Waals surface area contributed by atoms with Crippen molar-refractivity contribution in [2.24, 2.45) is 0 Å². The zero-order chi connectivity index (χ0) is 17.1. The predicted molar refractivity (Wildman–Crippen MR) is 97.4 cm³/mol. The second kappa shape index (κ2) is 7.37. The van der Waals surface area contributed by atoms with E-state index in [1.165, 1.54) is 0 Å². The van der Waals surface area contributed by atoms with Crippen molar-refractivity contribution in [3.05, 3.63) is 58.6 Å². The number of carbonyl (C=O) groups is 1. The fourth-order valence-electron chi connectivity index (χ4n) is 3.22. The molecular formula is C20H22ClNO2. The second-order valence-electron chi connectivity index (χ2n) is 6.52. The third-order valence-electron chi connectivity index (χ3n) is 4.67. The van der Waals surface area contributed by atoms with E-state index in [9.17, 15) is 9.90 Å². The van der Waals surface area contributed by atoms with Gasteiger partial charge in [-0.15, -0.1) is 0 Å². The first kappa shape index (κ1) is 17.0. The lowest BCUT2D eigenvalue weighted by molar-refractivity contribution is 0.0867. The van der Waals surface area contributed by atoms with Gasteiger partial charge in [0.05, 0.1) is 6.10 Å². The third kappa shape index (κ3) is 3.97. The van der Waals surface area contributed by atoms with Crippen LogP contribution < -0.4 is 5.32 Å². The molecule has 3 rings (SSSR count). The molecule has 3 nitrogen and oxygen atoms in total. The molecule has 1 aliphatic rings. The highest BCUT2D eigenvalue weighted by Crippen LogP contribution is 2.27. The first-order valence-corrected chi connectivity index (χ1v) is 8.76. The van der Waals surface area contributed by atoms with Gasteiger partial charge in [0.2, 0.25) is 0 Å². The van der Waals surface area contributed by atoms with E-state index in [0.717, 1.165) is 42.4 Å². The van der Waals surface area contributed by atoms with Crippen molar-refractivity contribution in [1.82, 2.24) is 5.32 Å². The van der Waals surface area contributed by atoms with Crippen molar-refractivity contribution < 1.29 is 9.90 Å². The molecule has 1 amide bonds. The molecule has 0 aromatic heterocycles. The molecule has 0 aliphatic heterocycles. The molecule has 2 N–H and O–H groups in total. The Morgan fingerprint density at radius 2 is 1.88 bits per heavy atom. The number of hydrogen-bond acceptors (Lipinski definition) is 2. The molecule has 0 spiro atoms. The summed E-state index contributed by atoms with van der Waals surface area (Å²) in [5.41, 5.74) is 3.80. The molecule has 0 atom stereocenters. The summed E-state index contributed by atoms with van der Waals surface area (Å²) in [6.45, 7) is 2.03. The quantitative estimate of drug-likeness (QED) is 0.870. The Kier molecular flexibility index (Phi) is 5.22. The smallest absolute Gasteiger partial charge is 0.251 e. The zero-order valence-electron chi connectivity index (χ0n) is 13.8. The van der Waals surface area contributed by atoms with E-state index in [1.807, 2.05) is 49.4 Å². The van der Waals surface area contributed by atoms with Gasteiger partial charge in [-0.2, -0.15) is 0 Å². The molecule has 1 fully saturated rings. The number of aryl methyl sites for hydroxylation is 1. The van der Waals surface area contributed by atoms with Crippen LogP contribution in [0.1, 0.15) is 41.6 Å². The molecule has 4 heteroatoms. The van der Waals surface area contributed by atoms with E-state index in [0.29, 0.717) is 10.6 Å². The molecule has 0 saturated heterocycles. The minimum atomic E-state index is -0.215. The van der Waals surface area contributed by atoms with Crippen molar-refractivity contribution in [1.29, 1.82) is 0 Å². The number of benzene rings is 2. The Balaban J connectivity index is 1.77. The predicted octanol–water partition coefficient (Wildman–Crippen LogP) is 4.35. The standard InChI is InChI=1S/C20H22ClNO2/c1-13-5-6-16(21)12-19(13)14-3-2-4-15(11-14)20(24)22-17-7-9-18(23)10-8-17/h2-6,11-12,17-18,23H,7-10H2,1H3,(H,22,24). The summed E-state index contributed by atoms with van der Waals surface area (Å²) >= 11 is 6.11. The minimum Gasteiger partial charge on any atom is -0.393 e. The van der Waals surface area contributed by atoms with Crippen LogP contribution in [-0.2, 0) is 0 Å². The Bertz CT molecular complexity index is 736. The van der Waals surface area contributed by atoms with Crippen LogP contribution >= 0.6 is 11.6 Å². The summed E-state index contributed by atoms with van der Waals surface area (Å²) in [6.07, 6.45) is 2.96. The van der Waals surface area contributed by atoms with E-state index in [-0.39, 0.29) is 18.1 Å². The van der Waals surface area contributed by atoms with Gasteiger partial charge in [0, 0.05) is 16.6 Å². The summed E-state index contributed by atoms with van der Waals surface area (Å²) in [4.78, 5) is 12.5. The number of hydrogen-bond donors (Lipinski definition) is 2. The van der Waals surface area contributed by atoms with Crippen LogP contribution in [0.25, 0.3) is 11.1 Å². The summed E-state index contributed by atoms with van der Waals surface area (Å²) in [7, 11) is 0. The maximum atomic E-state index is 12.5. The van der Waals surface area contributed by atoms with Crippen molar-refractivity contribution in [3.8, 4) is 11.1 Å².